The second-order valence-corrected chi connectivity index (χ2v) is 4.41. The van der Waals surface area contributed by atoms with Crippen LogP contribution in [0.3, 0.4) is 0 Å². The molecule has 0 saturated carbocycles. The lowest BCUT2D eigenvalue weighted by Crippen LogP contribution is -1.95. The van der Waals surface area contributed by atoms with Gasteiger partial charge in [-0.2, -0.15) is 0 Å². The molecule has 0 aliphatic heterocycles. The minimum absolute atomic E-state index is 0.262. The molecular weight excluding hydrogens is 219 g/mol. The molecule has 0 spiro atoms. The molecule has 62 valence electrons. The second kappa shape index (κ2) is 5.30. The molecule has 0 aromatic heterocycles. The summed E-state index contributed by atoms with van der Waals surface area (Å²) in [6.07, 6.45) is 0.423. The molecule has 0 amide bonds. The van der Waals surface area contributed by atoms with E-state index in [9.17, 15) is 4.57 Å². The van der Waals surface area contributed by atoms with Crippen LogP contribution in [0, 0.1) is 0 Å². The number of alkyl halides is 1. The van der Waals surface area contributed by atoms with Gasteiger partial charge in [0.15, 0.2) is 0 Å². The SMILES string of the molecule is CCOP(=O)(CC)OCBr. The first-order valence-electron chi connectivity index (χ1n) is 3.12. The molecule has 1 atom stereocenters. The van der Waals surface area contributed by atoms with Crippen molar-refractivity contribution in [2.45, 2.75) is 13.8 Å². The summed E-state index contributed by atoms with van der Waals surface area (Å²) in [4.78, 5) is 0. The molecule has 5 heteroatoms. The van der Waals surface area contributed by atoms with Gasteiger partial charge in [-0.3, -0.25) is 9.09 Å². The zero-order valence-electron chi connectivity index (χ0n) is 6.17. The van der Waals surface area contributed by atoms with Crippen molar-refractivity contribution < 1.29 is 13.6 Å². The van der Waals surface area contributed by atoms with Crippen molar-refractivity contribution in [1.29, 1.82) is 0 Å². The Balaban J connectivity index is 3.83. The largest absolute Gasteiger partial charge is 0.331 e. The van der Waals surface area contributed by atoms with Crippen LogP contribution in [0.1, 0.15) is 13.8 Å². The topological polar surface area (TPSA) is 35.5 Å². The molecule has 1 unspecified atom stereocenters. The average Bonchev–Trinajstić information content (AvgIpc) is 1.89. The highest BCUT2D eigenvalue weighted by Crippen LogP contribution is 2.47. The Morgan fingerprint density at radius 1 is 1.40 bits per heavy atom. The van der Waals surface area contributed by atoms with Crippen molar-refractivity contribution in [2.24, 2.45) is 0 Å². The van der Waals surface area contributed by atoms with E-state index < -0.39 is 7.60 Å². The highest BCUT2D eigenvalue weighted by atomic mass is 79.9. The van der Waals surface area contributed by atoms with Gasteiger partial charge in [0, 0.05) is 6.16 Å². The van der Waals surface area contributed by atoms with Gasteiger partial charge in [0.1, 0.15) is 5.52 Å². The van der Waals surface area contributed by atoms with E-state index in [1.54, 1.807) is 13.8 Å². The third-order valence-electron chi connectivity index (χ3n) is 0.959. The van der Waals surface area contributed by atoms with Crippen molar-refractivity contribution in [1.82, 2.24) is 0 Å². The fourth-order valence-corrected chi connectivity index (χ4v) is 2.41. The van der Waals surface area contributed by atoms with Crippen molar-refractivity contribution in [3.05, 3.63) is 0 Å². The van der Waals surface area contributed by atoms with Crippen LogP contribution in [0.2, 0.25) is 0 Å². The predicted octanol–water partition coefficient (Wildman–Crippen LogP) is 2.60. The van der Waals surface area contributed by atoms with E-state index in [0.717, 1.165) is 0 Å². The first kappa shape index (κ1) is 10.6. The Morgan fingerprint density at radius 2 is 2.00 bits per heavy atom. The lowest BCUT2D eigenvalue weighted by molar-refractivity contribution is 0.240. The highest BCUT2D eigenvalue weighted by Gasteiger charge is 2.19. The summed E-state index contributed by atoms with van der Waals surface area (Å²) in [6, 6.07) is 0. The van der Waals surface area contributed by atoms with E-state index >= 15 is 0 Å². The highest BCUT2D eigenvalue weighted by molar-refractivity contribution is 9.09. The van der Waals surface area contributed by atoms with Gasteiger partial charge < -0.3 is 4.52 Å². The number of hydrogen-bond donors (Lipinski definition) is 0. The van der Waals surface area contributed by atoms with E-state index in [4.69, 9.17) is 9.05 Å². The molecule has 0 aromatic rings. The van der Waals surface area contributed by atoms with Crippen LogP contribution in [0.25, 0.3) is 0 Å². The molecule has 0 N–H and O–H groups in total. The lowest BCUT2D eigenvalue weighted by atomic mass is 10.9. The fourth-order valence-electron chi connectivity index (χ4n) is 0.491. The van der Waals surface area contributed by atoms with Gasteiger partial charge in [0.25, 0.3) is 0 Å². The van der Waals surface area contributed by atoms with Gasteiger partial charge in [-0.25, -0.2) is 0 Å². The molecule has 0 aliphatic carbocycles. The standard InChI is InChI=1S/C5H12BrO3P/c1-3-8-10(7,4-2)9-5-6/h3-5H2,1-2H3. The number of halogens is 1. The molecule has 0 aromatic carbocycles. The van der Waals surface area contributed by atoms with Crippen molar-refractivity contribution >= 4 is 23.5 Å². The fraction of sp³-hybridized carbons (Fsp3) is 1.00. The van der Waals surface area contributed by atoms with Crippen molar-refractivity contribution in [3.8, 4) is 0 Å². The van der Waals surface area contributed by atoms with Crippen LogP contribution in [0.5, 0.6) is 0 Å². The Bertz CT molecular complexity index is 118. The maximum atomic E-state index is 11.3. The van der Waals surface area contributed by atoms with Crippen molar-refractivity contribution in [2.75, 3.05) is 18.3 Å². The molecular formula is C5H12BrO3P. The third-order valence-corrected chi connectivity index (χ3v) is 3.49. The Labute approximate surface area is 69.8 Å². The van der Waals surface area contributed by atoms with Crippen LogP contribution >= 0.6 is 23.5 Å². The minimum Gasteiger partial charge on any atom is -0.309 e. The van der Waals surface area contributed by atoms with Gasteiger partial charge in [0.2, 0.25) is 0 Å². The smallest absolute Gasteiger partial charge is 0.309 e. The third kappa shape index (κ3) is 3.71. The number of rotatable bonds is 5. The van der Waals surface area contributed by atoms with Gasteiger partial charge in [-0.05, 0) is 6.92 Å². The molecule has 10 heavy (non-hydrogen) atoms. The van der Waals surface area contributed by atoms with Crippen molar-refractivity contribution in [3.63, 3.8) is 0 Å². The first-order valence-corrected chi connectivity index (χ1v) is 5.97. The summed E-state index contributed by atoms with van der Waals surface area (Å²) in [6.45, 7) is 4.00. The molecule has 3 nitrogen and oxygen atoms in total. The average molecular weight is 231 g/mol. The maximum absolute atomic E-state index is 11.3. The van der Waals surface area contributed by atoms with E-state index in [2.05, 4.69) is 15.9 Å². The summed E-state index contributed by atoms with van der Waals surface area (Å²) in [5.74, 6) is 0. The van der Waals surface area contributed by atoms with E-state index in [-0.39, 0.29) is 5.52 Å². The Kier molecular flexibility index (Phi) is 5.64. The number of hydrogen-bond acceptors (Lipinski definition) is 3. The summed E-state index contributed by atoms with van der Waals surface area (Å²) in [5, 5.41) is 0. The molecule has 0 radical (unpaired) electrons. The minimum atomic E-state index is -2.75. The van der Waals surface area contributed by atoms with Crippen LogP contribution in [0.4, 0.5) is 0 Å². The van der Waals surface area contributed by atoms with Gasteiger partial charge >= 0.3 is 7.60 Å². The van der Waals surface area contributed by atoms with Crippen LogP contribution in [-0.2, 0) is 13.6 Å². The Hall–Kier alpha value is 0.630. The normalized spacial score (nSPS) is 16.7. The zero-order chi connectivity index (χ0) is 8.04. The van der Waals surface area contributed by atoms with Crippen LogP contribution < -0.4 is 0 Å². The van der Waals surface area contributed by atoms with E-state index in [1.807, 2.05) is 0 Å². The van der Waals surface area contributed by atoms with E-state index in [1.165, 1.54) is 0 Å². The molecule has 0 fully saturated rings. The summed E-state index contributed by atoms with van der Waals surface area (Å²) < 4.78 is 21.1. The maximum Gasteiger partial charge on any atom is 0.331 e. The van der Waals surface area contributed by atoms with E-state index in [0.29, 0.717) is 12.8 Å². The van der Waals surface area contributed by atoms with Gasteiger partial charge in [0.05, 0.1) is 6.61 Å². The molecule has 0 aliphatic rings. The first-order chi connectivity index (χ1) is 4.68. The predicted molar refractivity (Wildman–Crippen MR) is 44.7 cm³/mol. The monoisotopic (exact) mass is 230 g/mol. The second-order valence-electron chi connectivity index (χ2n) is 1.58. The van der Waals surface area contributed by atoms with Crippen LogP contribution in [-0.4, -0.2) is 18.3 Å². The molecule has 0 rings (SSSR count). The molecule has 0 heterocycles. The summed E-state index contributed by atoms with van der Waals surface area (Å²) in [5.41, 5.74) is 0.262. The summed E-state index contributed by atoms with van der Waals surface area (Å²) in [7, 11) is -2.75. The Morgan fingerprint density at radius 3 is 2.30 bits per heavy atom. The van der Waals surface area contributed by atoms with Gasteiger partial charge in [-0.1, -0.05) is 22.9 Å². The van der Waals surface area contributed by atoms with Gasteiger partial charge in [-0.15, -0.1) is 0 Å². The molecule has 0 bridgehead atoms. The lowest BCUT2D eigenvalue weighted by Gasteiger charge is -2.13. The van der Waals surface area contributed by atoms with Crippen LogP contribution in [0.15, 0.2) is 0 Å². The zero-order valence-corrected chi connectivity index (χ0v) is 8.65. The summed E-state index contributed by atoms with van der Waals surface area (Å²) >= 11 is 3.02. The quantitative estimate of drug-likeness (QED) is 0.538. The molecule has 0 saturated heterocycles.